The highest BCUT2D eigenvalue weighted by Gasteiger charge is 2.18. The van der Waals surface area contributed by atoms with Crippen molar-refractivity contribution in [1.82, 2.24) is 4.90 Å². The number of carbonyl (C=O) groups excluding carboxylic acids is 1. The lowest BCUT2D eigenvalue weighted by atomic mass is 10.2. The third-order valence-electron chi connectivity index (χ3n) is 4.20. The summed E-state index contributed by atoms with van der Waals surface area (Å²) >= 11 is 1.51. The molecule has 3 rings (SSSR count). The van der Waals surface area contributed by atoms with Gasteiger partial charge in [-0.15, -0.1) is 11.3 Å². The number of nitrogens with zero attached hydrogens (tertiary/aromatic N) is 1. The number of rotatable bonds is 5. The molecule has 0 N–H and O–H groups in total. The minimum atomic E-state index is 0.162. The second-order valence-electron chi connectivity index (χ2n) is 5.99. The number of likely N-dealkylation sites (tertiary alicyclic amines) is 1. The summed E-state index contributed by atoms with van der Waals surface area (Å²) in [5.41, 5.74) is 1.03. The second kappa shape index (κ2) is 8.20. The fourth-order valence-corrected chi connectivity index (χ4v) is 3.71. The Hall–Kier alpha value is -2.01. The van der Waals surface area contributed by atoms with Gasteiger partial charge in [0.25, 0.3) is 5.91 Å². The monoisotopic (exact) mass is 345 g/mol. The molecule has 1 saturated heterocycles. The third-order valence-corrected chi connectivity index (χ3v) is 5.17. The maximum absolute atomic E-state index is 12.6. The number of amides is 1. The van der Waals surface area contributed by atoms with Crippen LogP contribution in [-0.2, 0) is 6.61 Å². The van der Waals surface area contributed by atoms with Crippen molar-refractivity contribution in [2.75, 3.05) is 20.2 Å². The van der Waals surface area contributed by atoms with Crippen LogP contribution in [0.2, 0.25) is 0 Å². The van der Waals surface area contributed by atoms with Gasteiger partial charge in [-0.25, -0.2) is 0 Å². The van der Waals surface area contributed by atoms with Crippen LogP contribution in [0.5, 0.6) is 11.5 Å². The van der Waals surface area contributed by atoms with Crippen LogP contribution in [0.15, 0.2) is 35.7 Å². The van der Waals surface area contributed by atoms with Crippen molar-refractivity contribution in [2.24, 2.45) is 0 Å². The minimum absolute atomic E-state index is 0.162. The zero-order valence-electron chi connectivity index (χ0n) is 14.0. The molecule has 1 aromatic heterocycles. The highest BCUT2D eigenvalue weighted by molar-refractivity contribution is 7.12. The van der Waals surface area contributed by atoms with Gasteiger partial charge in [-0.2, -0.15) is 0 Å². The first-order valence-corrected chi connectivity index (χ1v) is 9.28. The van der Waals surface area contributed by atoms with Crippen molar-refractivity contribution in [1.29, 1.82) is 0 Å². The van der Waals surface area contributed by atoms with Crippen LogP contribution < -0.4 is 9.47 Å². The molecule has 1 aliphatic heterocycles. The standard InChI is InChI=1S/C19H23NO3S/c1-22-16-7-6-8-17(12-16)23-13-15-11-18(24-14-15)19(21)20-9-4-2-3-5-10-20/h6-8,11-12,14H,2-5,9-10,13H2,1H3. The summed E-state index contributed by atoms with van der Waals surface area (Å²) in [5.74, 6) is 1.70. The van der Waals surface area contributed by atoms with Crippen molar-refractivity contribution < 1.29 is 14.3 Å². The first-order valence-electron chi connectivity index (χ1n) is 8.40. The van der Waals surface area contributed by atoms with Gasteiger partial charge >= 0.3 is 0 Å². The lowest BCUT2D eigenvalue weighted by Gasteiger charge is -2.19. The predicted octanol–water partition coefficient (Wildman–Crippen LogP) is 4.35. The summed E-state index contributed by atoms with van der Waals surface area (Å²) < 4.78 is 11.0. The lowest BCUT2D eigenvalue weighted by Crippen LogP contribution is -2.31. The van der Waals surface area contributed by atoms with E-state index in [-0.39, 0.29) is 5.91 Å². The Kier molecular flexibility index (Phi) is 5.75. The zero-order chi connectivity index (χ0) is 16.8. The fourth-order valence-electron chi connectivity index (χ4n) is 2.85. The normalized spacial score (nSPS) is 15.0. The van der Waals surface area contributed by atoms with Crippen molar-refractivity contribution in [3.05, 3.63) is 46.2 Å². The molecule has 24 heavy (non-hydrogen) atoms. The molecular weight excluding hydrogens is 322 g/mol. The topological polar surface area (TPSA) is 38.8 Å². The molecule has 1 fully saturated rings. The molecule has 0 spiro atoms. The van der Waals surface area contributed by atoms with Crippen LogP contribution >= 0.6 is 11.3 Å². The van der Waals surface area contributed by atoms with E-state index in [4.69, 9.17) is 9.47 Å². The number of thiophene rings is 1. The smallest absolute Gasteiger partial charge is 0.263 e. The van der Waals surface area contributed by atoms with Crippen molar-refractivity contribution in [3.8, 4) is 11.5 Å². The Morgan fingerprint density at radius 2 is 1.88 bits per heavy atom. The fraction of sp³-hybridized carbons (Fsp3) is 0.421. The van der Waals surface area contributed by atoms with Gasteiger partial charge in [-0.05, 0) is 36.4 Å². The van der Waals surface area contributed by atoms with E-state index >= 15 is 0 Å². The minimum Gasteiger partial charge on any atom is -0.497 e. The van der Waals surface area contributed by atoms with Crippen LogP contribution in [0.25, 0.3) is 0 Å². The molecule has 0 radical (unpaired) electrons. The Bertz CT molecular complexity index is 675. The van der Waals surface area contributed by atoms with E-state index in [1.54, 1.807) is 7.11 Å². The van der Waals surface area contributed by atoms with Crippen molar-refractivity contribution in [2.45, 2.75) is 32.3 Å². The van der Waals surface area contributed by atoms with Crippen LogP contribution in [0.4, 0.5) is 0 Å². The van der Waals surface area contributed by atoms with E-state index in [2.05, 4.69) is 0 Å². The van der Waals surface area contributed by atoms with E-state index in [9.17, 15) is 4.79 Å². The summed E-state index contributed by atoms with van der Waals surface area (Å²) in [6, 6.07) is 9.50. The van der Waals surface area contributed by atoms with Crippen LogP contribution in [0.3, 0.4) is 0 Å². The average Bonchev–Trinajstić information content (AvgIpc) is 2.93. The predicted molar refractivity (Wildman–Crippen MR) is 96.0 cm³/mol. The van der Waals surface area contributed by atoms with Gasteiger partial charge in [-0.1, -0.05) is 18.9 Å². The first-order chi connectivity index (χ1) is 11.8. The van der Waals surface area contributed by atoms with E-state index in [1.807, 2.05) is 40.6 Å². The Labute approximate surface area is 147 Å². The molecule has 0 saturated carbocycles. The van der Waals surface area contributed by atoms with Gasteiger partial charge in [-0.3, -0.25) is 4.79 Å². The van der Waals surface area contributed by atoms with Crippen LogP contribution in [-0.4, -0.2) is 31.0 Å². The summed E-state index contributed by atoms with van der Waals surface area (Å²) in [4.78, 5) is 15.4. The molecule has 2 heterocycles. The first kappa shape index (κ1) is 16.8. The van der Waals surface area contributed by atoms with E-state index in [0.29, 0.717) is 6.61 Å². The van der Waals surface area contributed by atoms with Gasteiger partial charge in [0, 0.05) is 24.7 Å². The van der Waals surface area contributed by atoms with Gasteiger partial charge in [0.15, 0.2) is 0 Å². The Morgan fingerprint density at radius 3 is 2.62 bits per heavy atom. The zero-order valence-corrected chi connectivity index (χ0v) is 14.8. The largest absolute Gasteiger partial charge is 0.497 e. The highest BCUT2D eigenvalue weighted by atomic mass is 32.1. The quantitative estimate of drug-likeness (QED) is 0.808. The van der Waals surface area contributed by atoms with Crippen molar-refractivity contribution in [3.63, 3.8) is 0 Å². The molecule has 5 heteroatoms. The lowest BCUT2D eigenvalue weighted by molar-refractivity contribution is 0.0766. The van der Waals surface area contributed by atoms with Gasteiger partial charge in [0.2, 0.25) is 0 Å². The molecule has 1 aliphatic rings. The second-order valence-corrected chi connectivity index (χ2v) is 6.90. The Balaban J connectivity index is 1.59. The number of methoxy groups -OCH3 is 1. The third kappa shape index (κ3) is 4.29. The summed E-state index contributed by atoms with van der Waals surface area (Å²) in [6.07, 6.45) is 4.69. The molecule has 1 amide bonds. The van der Waals surface area contributed by atoms with Crippen LogP contribution in [0, 0.1) is 0 Å². The van der Waals surface area contributed by atoms with Gasteiger partial charge < -0.3 is 14.4 Å². The molecule has 0 unspecified atom stereocenters. The number of hydrogen-bond acceptors (Lipinski definition) is 4. The maximum Gasteiger partial charge on any atom is 0.263 e. The molecule has 0 atom stereocenters. The molecule has 1 aromatic carbocycles. The Morgan fingerprint density at radius 1 is 1.12 bits per heavy atom. The number of carbonyl (C=O) groups is 1. The molecule has 128 valence electrons. The van der Waals surface area contributed by atoms with Gasteiger partial charge in [0.1, 0.15) is 18.1 Å². The average molecular weight is 345 g/mol. The number of benzene rings is 1. The van der Waals surface area contributed by atoms with E-state index < -0.39 is 0 Å². The SMILES string of the molecule is COc1cccc(OCc2csc(C(=O)N3CCCCCC3)c2)c1. The summed E-state index contributed by atoms with van der Waals surface area (Å²) in [7, 11) is 1.64. The van der Waals surface area contributed by atoms with Crippen LogP contribution in [0.1, 0.15) is 40.9 Å². The number of hydrogen-bond donors (Lipinski definition) is 0. The molecule has 2 aromatic rings. The molecule has 0 bridgehead atoms. The number of ether oxygens (including phenoxy) is 2. The molecular formula is C19H23NO3S. The maximum atomic E-state index is 12.6. The van der Waals surface area contributed by atoms with Gasteiger partial charge in [0.05, 0.1) is 12.0 Å². The summed E-state index contributed by atoms with van der Waals surface area (Å²) in [5, 5.41) is 2.01. The highest BCUT2D eigenvalue weighted by Crippen LogP contribution is 2.23. The molecule has 4 nitrogen and oxygen atoms in total. The molecule has 0 aliphatic carbocycles. The van der Waals surface area contributed by atoms with Crippen molar-refractivity contribution >= 4 is 17.2 Å². The van der Waals surface area contributed by atoms with E-state index in [0.717, 1.165) is 47.9 Å². The van der Waals surface area contributed by atoms with E-state index in [1.165, 1.54) is 24.2 Å². The summed E-state index contributed by atoms with van der Waals surface area (Å²) in [6.45, 7) is 2.22.